The van der Waals surface area contributed by atoms with Crippen LogP contribution >= 0.6 is 0 Å². The van der Waals surface area contributed by atoms with E-state index in [1.807, 2.05) is 12.1 Å². The molecule has 71 heavy (non-hydrogen) atoms. The topological polar surface area (TPSA) is 186 Å². The van der Waals surface area contributed by atoms with Crippen LogP contribution in [0.5, 0.6) is 5.75 Å². The summed E-state index contributed by atoms with van der Waals surface area (Å²) in [6, 6.07) is 15.7. The molecule has 0 aliphatic carbocycles. The normalized spacial score (nSPS) is 22.1. The molecule has 0 radical (unpaired) electrons. The number of rotatable bonds is 13. The second-order valence-electron chi connectivity index (χ2n) is 21.3. The van der Waals surface area contributed by atoms with Gasteiger partial charge in [0.2, 0.25) is 11.8 Å². The molecule has 4 amide bonds. The smallest absolute Gasteiger partial charge is 0.259 e. The number of nitrogens with one attached hydrogen (secondary N) is 2. The van der Waals surface area contributed by atoms with E-state index in [9.17, 15) is 34.2 Å². The maximum Gasteiger partial charge on any atom is 0.259 e. The third kappa shape index (κ3) is 11.3. The van der Waals surface area contributed by atoms with E-state index in [0.717, 1.165) is 57.8 Å². The van der Waals surface area contributed by atoms with Crippen molar-refractivity contribution in [2.45, 2.75) is 110 Å². The monoisotopic (exact) mass is 976 g/mol. The van der Waals surface area contributed by atoms with Gasteiger partial charge in [-0.3, -0.25) is 24.2 Å². The highest BCUT2D eigenvalue weighted by molar-refractivity contribution is 5.97. The van der Waals surface area contributed by atoms with Crippen LogP contribution in [0.4, 0.5) is 0 Å². The van der Waals surface area contributed by atoms with Gasteiger partial charge in [0.15, 0.2) is 5.60 Å². The number of β-amino-alcohol motifs (C(OH)–C–C–N with tert-alkyl or cyclic N) is 1. The molecule has 382 valence electrons. The molecule has 0 saturated carbocycles. The second kappa shape index (κ2) is 21.4. The molecule has 2 fully saturated rings. The number of phenols is 1. The first-order chi connectivity index (χ1) is 33.6. The predicted octanol–water partition coefficient (Wildman–Crippen LogP) is 5.23. The Balaban J connectivity index is 1.32. The number of hydrogen-bond donors (Lipinski definition) is 4. The number of likely N-dealkylation sites (N-methyl/N-ethyl adjacent to an activating group) is 1. The molecule has 1 aromatic heterocycles. The van der Waals surface area contributed by atoms with Crippen LogP contribution in [0.25, 0.3) is 33.3 Å². The predicted molar refractivity (Wildman–Crippen MR) is 273 cm³/mol. The van der Waals surface area contributed by atoms with Crippen molar-refractivity contribution in [3.63, 3.8) is 0 Å². The number of likely N-dealkylation sites (tertiary alicyclic amines) is 1. The lowest BCUT2D eigenvalue weighted by molar-refractivity contribution is -0.156. The Morgan fingerprint density at radius 2 is 1.75 bits per heavy atom. The Morgan fingerprint density at radius 3 is 2.42 bits per heavy atom. The molecule has 3 aliphatic heterocycles. The van der Waals surface area contributed by atoms with E-state index >= 15 is 0 Å². The Labute approximate surface area is 417 Å². The van der Waals surface area contributed by atoms with E-state index < -0.39 is 58.2 Å². The average molecular weight is 976 g/mol. The van der Waals surface area contributed by atoms with Gasteiger partial charge in [0.05, 0.1) is 32.1 Å². The molecule has 16 heteroatoms. The van der Waals surface area contributed by atoms with Crippen LogP contribution in [-0.2, 0) is 66.0 Å². The number of aldehydes is 1. The van der Waals surface area contributed by atoms with Crippen molar-refractivity contribution < 1.29 is 43.7 Å². The summed E-state index contributed by atoms with van der Waals surface area (Å²) in [5.74, 6) is -2.82. The summed E-state index contributed by atoms with van der Waals surface area (Å²) in [4.78, 5) is 73.8. The van der Waals surface area contributed by atoms with Crippen LogP contribution < -0.4 is 10.7 Å². The summed E-state index contributed by atoms with van der Waals surface area (Å²) < 4.78 is 14.6. The summed E-state index contributed by atoms with van der Waals surface area (Å²) in [6.45, 7) is 15.8. The number of carbonyl (C=O) groups is 5. The minimum Gasteiger partial charge on any atom is -0.508 e. The molecule has 4 atom stereocenters. The number of fused-ring (bicyclic) bond motifs is 6. The fourth-order valence-electron chi connectivity index (χ4n) is 10.9. The number of hydrazine groups is 1. The number of ether oxygens (including phenoxy) is 2. The number of hydrogen-bond acceptors (Lipinski definition) is 11. The van der Waals surface area contributed by atoms with Crippen molar-refractivity contribution in [3.05, 3.63) is 89.5 Å². The van der Waals surface area contributed by atoms with Gasteiger partial charge < -0.3 is 49.1 Å². The number of aliphatic hydroxyl groups is 1. The molecular weight excluding hydrogens is 903 g/mol. The SMILES string of the molecule is C=CC(=O)N1CC[C@](O)(C(=O)N(C)[C@H](C(=O)N[C@H]2Cc3cc(O)cc(c3)-c3ccc4c(c3)c(c(-c3ccc(CN(C)C)c(COC)c3)n4CC)CC(C)(C)COCC3(C=O)CCCN(N3)C2=O)C(C)C)C1. The van der Waals surface area contributed by atoms with Gasteiger partial charge in [-0.1, -0.05) is 58.5 Å². The van der Waals surface area contributed by atoms with Gasteiger partial charge in [0, 0.05) is 64.1 Å². The Kier molecular flexibility index (Phi) is 16.0. The lowest BCUT2D eigenvalue weighted by Gasteiger charge is -2.42. The van der Waals surface area contributed by atoms with Crippen LogP contribution in [0.3, 0.4) is 0 Å². The Morgan fingerprint density at radius 1 is 1.00 bits per heavy atom. The van der Waals surface area contributed by atoms with Crippen molar-refractivity contribution in [2.75, 3.05) is 61.1 Å². The molecule has 6 bridgehead atoms. The highest BCUT2D eigenvalue weighted by Crippen LogP contribution is 2.41. The first-order valence-corrected chi connectivity index (χ1v) is 24.7. The average Bonchev–Trinajstić information content (AvgIpc) is 3.88. The summed E-state index contributed by atoms with van der Waals surface area (Å²) in [7, 11) is 7.25. The number of methoxy groups -OCH3 is 1. The van der Waals surface area contributed by atoms with E-state index in [-0.39, 0.29) is 44.8 Å². The number of carbonyl (C=O) groups excluding carboxylic acids is 5. The molecule has 4 heterocycles. The lowest BCUT2D eigenvalue weighted by atomic mass is 9.84. The van der Waals surface area contributed by atoms with E-state index in [1.165, 1.54) is 27.4 Å². The van der Waals surface area contributed by atoms with Gasteiger partial charge in [-0.15, -0.1) is 0 Å². The largest absolute Gasteiger partial charge is 0.508 e. The number of aromatic hydroxyl groups is 1. The van der Waals surface area contributed by atoms with Gasteiger partial charge in [-0.2, -0.15) is 0 Å². The van der Waals surface area contributed by atoms with Crippen molar-refractivity contribution in [2.24, 2.45) is 11.3 Å². The van der Waals surface area contributed by atoms with Gasteiger partial charge in [-0.25, -0.2) is 5.43 Å². The molecule has 3 aliphatic rings. The number of nitrogens with zero attached hydrogens (tertiary/aromatic N) is 5. The number of aromatic nitrogens is 1. The molecule has 1 unspecified atom stereocenters. The van der Waals surface area contributed by atoms with Crippen molar-refractivity contribution >= 4 is 40.8 Å². The third-order valence-electron chi connectivity index (χ3n) is 14.2. The summed E-state index contributed by atoms with van der Waals surface area (Å²) in [6.07, 6.45) is 3.33. The summed E-state index contributed by atoms with van der Waals surface area (Å²) >= 11 is 0. The summed E-state index contributed by atoms with van der Waals surface area (Å²) in [5.41, 5.74) is 8.29. The highest BCUT2D eigenvalue weighted by atomic mass is 16.5. The Hall–Kier alpha value is -5.91. The first-order valence-electron chi connectivity index (χ1n) is 24.7. The van der Waals surface area contributed by atoms with Gasteiger partial charge in [0.25, 0.3) is 11.8 Å². The van der Waals surface area contributed by atoms with Gasteiger partial charge in [0.1, 0.15) is 29.7 Å². The maximum atomic E-state index is 14.9. The van der Waals surface area contributed by atoms with E-state index in [1.54, 1.807) is 33.1 Å². The number of phenolic OH excluding ortho intramolecular Hbond substituents is 1. The van der Waals surface area contributed by atoms with Gasteiger partial charge >= 0.3 is 0 Å². The van der Waals surface area contributed by atoms with Crippen molar-refractivity contribution in [3.8, 4) is 28.1 Å². The fourth-order valence-corrected chi connectivity index (χ4v) is 10.9. The second-order valence-corrected chi connectivity index (χ2v) is 21.3. The van der Waals surface area contributed by atoms with E-state index in [4.69, 9.17) is 9.47 Å². The molecule has 0 spiro atoms. The zero-order chi connectivity index (χ0) is 51.6. The van der Waals surface area contributed by atoms with E-state index in [0.29, 0.717) is 50.1 Å². The molecule has 2 saturated heterocycles. The van der Waals surface area contributed by atoms with Crippen LogP contribution in [0, 0.1) is 11.3 Å². The lowest BCUT2D eigenvalue weighted by Crippen LogP contribution is -2.66. The maximum absolute atomic E-state index is 14.9. The van der Waals surface area contributed by atoms with Crippen LogP contribution in [-0.4, -0.2) is 149 Å². The fraction of sp³-hybridized carbons (Fsp3) is 0.509. The highest BCUT2D eigenvalue weighted by Gasteiger charge is 2.48. The van der Waals surface area contributed by atoms with Crippen molar-refractivity contribution in [1.82, 2.24) is 35.0 Å². The molecule has 4 aromatic rings. The molecule has 4 N–H and O–H groups in total. The van der Waals surface area contributed by atoms with Crippen LogP contribution in [0.2, 0.25) is 0 Å². The zero-order valence-electron chi connectivity index (χ0n) is 43.0. The van der Waals surface area contributed by atoms with Gasteiger partial charge in [-0.05, 0) is 127 Å². The number of benzene rings is 3. The van der Waals surface area contributed by atoms with Crippen LogP contribution in [0.15, 0.2) is 67.3 Å². The molecule has 7 rings (SSSR count). The Bertz CT molecular complexity index is 2680. The third-order valence-corrected chi connectivity index (χ3v) is 14.2. The van der Waals surface area contributed by atoms with Crippen LogP contribution in [0.1, 0.15) is 76.1 Å². The molecular formula is C55H73N7O9. The number of aryl methyl sites for hydroxylation is 1. The quantitative estimate of drug-likeness (QED) is 0.102. The number of amides is 4. The van der Waals surface area contributed by atoms with Crippen molar-refractivity contribution in [1.29, 1.82) is 0 Å². The van der Waals surface area contributed by atoms with E-state index in [2.05, 4.69) is 92.0 Å². The standard InChI is InChI=1S/C55H73N7O9/c1-11-47(65)60-21-19-55(69,31-60)52(68)59(9)48(35(3)4)50(66)56-45-24-36-22-40(26-42(64)23-36)37-16-17-46-43(27-37)44(28-53(5,6)33-71-34-54(32-63)18-13-20-62(57-54)51(45)67)49(61(46)12-2)38-14-15-39(29-58(7)8)41(25-38)30-70-10/h11,14-17,22-23,25-27,32,35,45,48,57,64,69H,1,12-13,18-21,24,28-31,33-34H2,2-10H3,(H,56,66)/t45-,48-,54?,55+/m0/s1. The molecule has 3 aromatic carbocycles. The zero-order valence-corrected chi connectivity index (χ0v) is 43.0. The minimum atomic E-state index is -1.93. The minimum absolute atomic E-state index is 0.0147. The first kappa shape index (κ1) is 52.9. The summed E-state index contributed by atoms with van der Waals surface area (Å²) in [5, 5.41) is 28.3. The molecule has 16 nitrogen and oxygen atoms in total.